The van der Waals surface area contributed by atoms with E-state index in [1.54, 1.807) is 11.7 Å². The fourth-order valence-corrected chi connectivity index (χ4v) is 1.07. The van der Waals surface area contributed by atoms with Crippen LogP contribution in [0.1, 0.15) is 0 Å². The Labute approximate surface area is 67.3 Å². The minimum Gasteiger partial charge on any atom is -0.382 e. The van der Waals surface area contributed by atoms with Gasteiger partial charge in [0.05, 0.1) is 0 Å². The highest BCUT2D eigenvalue weighted by atomic mass is 35.5. The second-order valence-corrected chi connectivity index (χ2v) is 2.39. The van der Waals surface area contributed by atoms with Gasteiger partial charge in [0.2, 0.25) is 5.28 Å². The lowest BCUT2D eigenvalue weighted by molar-refractivity contribution is -0.432. The molecule has 0 unspecified atom stereocenters. The first kappa shape index (κ1) is 6.51. The third kappa shape index (κ3) is 0.941. The molecule has 0 bridgehead atoms. The van der Waals surface area contributed by atoms with Gasteiger partial charge in [-0.3, -0.25) is 5.32 Å². The molecule has 4 N–H and O–H groups in total. The molecule has 2 rings (SSSR count). The van der Waals surface area contributed by atoms with Crippen molar-refractivity contribution in [3.05, 3.63) is 5.28 Å². The van der Waals surface area contributed by atoms with E-state index < -0.39 is 0 Å². The maximum Gasteiger partial charge on any atom is 0.263 e. The number of rotatable bonds is 0. The molecule has 1 aliphatic rings. The number of aliphatic imine (C=N–C) groups is 1. The molecule has 0 aromatic carbocycles. The Morgan fingerprint density at radius 1 is 1.45 bits per heavy atom. The minimum absolute atomic E-state index is 0.156. The molecular formula is C5H5ClN5+. The number of anilines is 1. The highest BCUT2D eigenvalue weighted by Crippen LogP contribution is 2.27. The average Bonchev–Trinajstić information content (AvgIpc) is 2.34. The third-order valence-corrected chi connectivity index (χ3v) is 1.52. The molecule has 1 aliphatic heterocycles. The van der Waals surface area contributed by atoms with Crippen LogP contribution in [-0.2, 0) is 0 Å². The van der Waals surface area contributed by atoms with Crippen molar-refractivity contribution in [3.63, 3.8) is 0 Å². The average molecular weight is 171 g/mol. The first-order chi connectivity index (χ1) is 5.27. The number of hydrogen-bond donors (Lipinski definition) is 2. The van der Waals surface area contributed by atoms with Gasteiger partial charge in [0.1, 0.15) is 0 Å². The van der Waals surface area contributed by atoms with Crippen molar-refractivity contribution in [2.75, 3.05) is 5.73 Å². The summed E-state index contributed by atoms with van der Waals surface area (Å²) in [5, 5.41) is 1.89. The fraction of sp³-hybridized carbons (Fsp3) is 0. The Bertz CT molecular complexity index is 334. The van der Waals surface area contributed by atoms with Gasteiger partial charge in [-0.2, -0.15) is 15.0 Å². The van der Waals surface area contributed by atoms with E-state index in [0.29, 0.717) is 17.3 Å². The van der Waals surface area contributed by atoms with Crippen LogP contribution in [0.4, 0.5) is 17.3 Å². The van der Waals surface area contributed by atoms with E-state index in [9.17, 15) is 0 Å². The Hall–Kier alpha value is -1.20. The summed E-state index contributed by atoms with van der Waals surface area (Å²) in [6.07, 6.45) is 1.62. The molecule has 0 aliphatic carbocycles. The Morgan fingerprint density at radius 2 is 2.27 bits per heavy atom. The molecule has 2 heterocycles. The SMILES string of the molecule is Nc1nc(Cl)nc2c1N=C[NH2+]2. The van der Waals surface area contributed by atoms with Crippen molar-refractivity contribution < 1.29 is 5.32 Å². The quantitative estimate of drug-likeness (QED) is 0.519. The zero-order valence-electron chi connectivity index (χ0n) is 5.45. The lowest BCUT2D eigenvalue weighted by Crippen LogP contribution is -2.74. The molecule has 0 atom stereocenters. The molecule has 1 aromatic rings. The van der Waals surface area contributed by atoms with Crippen molar-refractivity contribution in [2.45, 2.75) is 0 Å². The van der Waals surface area contributed by atoms with E-state index in [-0.39, 0.29) is 5.28 Å². The smallest absolute Gasteiger partial charge is 0.263 e. The van der Waals surface area contributed by atoms with Gasteiger partial charge in [-0.15, -0.1) is 0 Å². The van der Waals surface area contributed by atoms with Crippen LogP contribution in [0, 0.1) is 0 Å². The lowest BCUT2D eigenvalue weighted by Gasteiger charge is -1.95. The summed E-state index contributed by atoms with van der Waals surface area (Å²) in [5.74, 6) is 1.01. The van der Waals surface area contributed by atoms with Crippen molar-refractivity contribution in [2.24, 2.45) is 4.99 Å². The summed E-state index contributed by atoms with van der Waals surface area (Å²) in [5.41, 5.74) is 6.11. The zero-order valence-corrected chi connectivity index (χ0v) is 6.21. The van der Waals surface area contributed by atoms with Crippen LogP contribution in [0.25, 0.3) is 0 Å². The molecule has 0 amide bonds. The molecule has 5 nitrogen and oxygen atoms in total. The van der Waals surface area contributed by atoms with Gasteiger partial charge in [-0.25, -0.2) is 0 Å². The molecule has 0 saturated heterocycles. The minimum atomic E-state index is 0.156. The maximum atomic E-state index is 5.55. The van der Waals surface area contributed by atoms with Gasteiger partial charge in [-0.1, -0.05) is 0 Å². The summed E-state index contributed by atoms with van der Waals surface area (Å²) in [6, 6.07) is 0. The summed E-state index contributed by atoms with van der Waals surface area (Å²) in [4.78, 5) is 11.6. The van der Waals surface area contributed by atoms with Gasteiger partial charge >= 0.3 is 0 Å². The Kier molecular flexibility index (Phi) is 1.27. The van der Waals surface area contributed by atoms with Gasteiger partial charge in [-0.05, 0) is 11.6 Å². The van der Waals surface area contributed by atoms with Gasteiger partial charge in [0.15, 0.2) is 17.8 Å². The number of halogens is 1. The zero-order chi connectivity index (χ0) is 7.84. The van der Waals surface area contributed by atoms with Crippen LogP contribution in [0.2, 0.25) is 5.28 Å². The molecule has 0 saturated carbocycles. The molecule has 6 heteroatoms. The molecule has 0 radical (unpaired) electrons. The van der Waals surface area contributed by atoms with Crippen LogP contribution in [0.5, 0.6) is 0 Å². The monoisotopic (exact) mass is 170 g/mol. The predicted octanol–water partition coefficient (Wildman–Crippen LogP) is -0.420. The number of aromatic nitrogens is 2. The number of nitrogens with two attached hydrogens (primary N) is 2. The van der Waals surface area contributed by atoms with Crippen LogP contribution >= 0.6 is 11.6 Å². The molecule has 11 heavy (non-hydrogen) atoms. The molecule has 0 spiro atoms. The standard InChI is InChI=1S/C5H4ClN5/c6-5-10-3(7)2-4(11-5)9-1-8-2/h1H,(H3,7,8,9,10,11)/p+1. The molecule has 56 valence electrons. The summed E-state index contributed by atoms with van der Waals surface area (Å²) >= 11 is 5.55. The first-order valence-electron chi connectivity index (χ1n) is 2.98. The normalized spacial score (nSPS) is 13.5. The van der Waals surface area contributed by atoms with E-state index in [0.717, 1.165) is 0 Å². The molecular weight excluding hydrogens is 166 g/mol. The lowest BCUT2D eigenvalue weighted by atomic mass is 10.4. The van der Waals surface area contributed by atoms with E-state index >= 15 is 0 Å². The van der Waals surface area contributed by atoms with Gasteiger partial charge in [0, 0.05) is 0 Å². The van der Waals surface area contributed by atoms with Gasteiger partial charge < -0.3 is 5.73 Å². The third-order valence-electron chi connectivity index (χ3n) is 1.35. The van der Waals surface area contributed by atoms with Crippen LogP contribution < -0.4 is 11.1 Å². The van der Waals surface area contributed by atoms with Crippen molar-refractivity contribution in [1.29, 1.82) is 0 Å². The summed E-state index contributed by atoms with van der Waals surface area (Å²) in [7, 11) is 0. The predicted molar refractivity (Wildman–Crippen MR) is 41.2 cm³/mol. The number of quaternary nitrogens is 1. The van der Waals surface area contributed by atoms with Gasteiger partial charge in [0.25, 0.3) is 5.82 Å². The molecule has 0 fully saturated rings. The van der Waals surface area contributed by atoms with E-state index in [2.05, 4.69) is 15.0 Å². The van der Waals surface area contributed by atoms with E-state index in [1.807, 2.05) is 0 Å². The van der Waals surface area contributed by atoms with E-state index in [4.69, 9.17) is 17.3 Å². The Balaban J connectivity index is 2.67. The highest BCUT2D eigenvalue weighted by molar-refractivity contribution is 6.28. The topological polar surface area (TPSA) is 80.8 Å². The second kappa shape index (κ2) is 2.14. The number of fused-ring (bicyclic) bond motifs is 1. The van der Waals surface area contributed by atoms with Crippen molar-refractivity contribution in [3.8, 4) is 0 Å². The summed E-state index contributed by atoms with van der Waals surface area (Å²) < 4.78 is 0. The maximum absolute atomic E-state index is 5.55. The number of nitrogens with zero attached hydrogens (tertiary/aromatic N) is 3. The fourth-order valence-electron chi connectivity index (χ4n) is 0.892. The van der Waals surface area contributed by atoms with Crippen molar-refractivity contribution >= 4 is 35.3 Å². The number of hydrogen-bond acceptors (Lipinski definition) is 4. The first-order valence-corrected chi connectivity index (χ1v) is 3.35. The summed E-state index contributed by atoms with van der Waals surface area (Å²) in [6.45, 7) is 0. The Morgan fingerprint density at radius 3 is 3.09 bits per heavy atom. The van der Waals surface area contributed by atoms with Crippen LogP contribution in [-0.4, -0.2) is 16.3 Å². The van der Waals surface area contributed by atoms with Crippen LogP contribution in [0.3, 0.4) is 0 Å². The second-order valence-electron chi connectivity index (χ2n) is 2.06. The largest absolute Gasteiger partial charge is 0.382 e. The van der Waals surface area contributed by atoms with E-state index in [1.165, 1.54) is 0 Å². The molecule has 1 aromatic heterocycles. The van der Waals surface area contributed by atoms with Crippen molar-refractivity contribution in [1.82, 2.24) is 9.97 Å². The number of nitrogen functional groups attached to an aromatic ring is 1. The highest BCUT2D eigenvalue weighted by Gasteiger charge is 2.17. The van der Waals surface area contributed by atoms with Crippen LogP contribution in [0.15, 0.2) is 4.99 Å².